The zero-order valence-corrected chi connectivity index (χ0v) is 7.23. The Labute approximate surface area is 59.0 Å². The molecule has 0 N–H and O–H groups in total. The molecule has 0 aliphatic heterocycles. The quantitative estimate of drug-likeness (QED) is 0.498. The summed E-state index contributed by atoms with van der Waals surface area (Å²) in [6, 6.07) is 0. The SMILES string of the molecule is C/C=C(\C)[C@H](C)C(C)C. The summed E-state index contributed by atoms with van der Waals surface area (Å²) in [4.78, 5) is 0. The van der Waals surface area contributed by atoms with Gasteiger partial charge in [0.2, 0.25) is 0 Å². The molecule has 0 bridgehead atoms. The molecule has 0 aliphatic rings. The predicted molar refractivity (Wildman–Crippen MR) is 43.4 cm³/mol. The van der Waals surface area contributed by atoms with Crippen LogP contribution in [0.4, 0.5) is 0 Å². The minimum Gasteiger partial charge on any atom is -0.0885 e. The van der Waals surface area contributed by atoms with Crippen LogP contribution in [0.3, 0.4) is 0 Å². The molecule has 0 amide bonds. The van der Waals surface area contributed by atoms with Crippen molar-refractivity contribution >= 4 is 0 Å². The van der Waals surface area contributed by atoms with Crippen molar-refractivity contribution in [1.82, 2.24) is 0 Å². The molecule has 0 saturated heterocycles. The van der Waals surface area contributed by atoms with Crippen LogP contribution in [0.25, 0.3) is 0 Å². The van der Waals surface area contributed by atoms with Crippen LogP contribution < -0.4 is 0 Å². The molecule has 9 heavy (non-hydrogen) atoms. The van der Waals surface area contributed by atoms with Crippen molar-refractivity contribution in [2.24, 2.45) is 11.8 Å². The molecule has 0 aromatic heterocycles. The van der Waals surface area contributed by atoms with Crippen molar-refractivity contribution in [3.63, 3.8) is 0 Å². The lowest BCUT2D eigenvalue weighted by Crippen LogP contribution is -2.04. The molecule has 0 fully saturated rings. The second-order valence-electron chi connectivity index (χ2n) is 3.07. The van der Waals surface area contributed by atoms with E-state index in [0.29, 0.717) is 0 Å². The summed E-state index contributed by atoms with van der Waals surface area (Å²) in [6.07, 6.45) is 2.20. The van der Waals surface area contributed by atoms with Crippen LogP contribution in [-0.2, 0) is 0 Å². The summed E-state index contributed by atoms with van der Waals surface area (Å²) >= 11 is 0. The fraction of sp³-hybridized carbons (Fsp3) is 0.778. The van der Waals surface area contributed by atoms with Gasteiger partial charge in [0.15, 0.2) is 0 Å². The Kier molecular flexibility index (Phi) is 3.60. The van der Waals surface area contributed by atoms with Gasteiger partial charge in [-0.25, -0.2) is 0 Å². The van der Waals surface area contributed by atoms with Crippen LogP contribution in [0, 0.1) is 11.8 Å². The third kappa shape index (κ3) is 2.69. The Morgan fingerprint density at radius 2 is 1.67 bits per heavy atom. The van der Waals surface area contributed by atoms with Crippen molar-refractivity contribution in [3.05, 3.63) is 11.6 Å². The lowest BCUT2D eigenvalue weighted by atomic mass is 9.91. The van der Waals surface area contributed by atoms with Crippen LogP contribution >= 0.6 is 0 Å². The summed E-state index contributed by atoms with van der Waals surface area (Å²) in [5.41, 5.74) is 1.50. The van der Waals surface area contributed by atoms with Crippen molar-refractivity contribution < 1.29 is 0 Å². The average molecular weight is 126 g/mol. The number of hydrogen-bond acceptors (Lipinski definition) is 0. The molecule has 0 unspecified atom stereocenters. The first-order chi connectivity index (χ1) is 4.09. The molecular weight excluding hydrogens is 108 g/mol. The first-order valence-corrected chi connectivity index (χ1v) is 3.72. The third-order valence-corrected chi connectivity index (χ3v) is 2.17. The van der Waals surface area contributed by atoms with Gasteiger partial charge in [0, 0.05) is 0 Å². The predicted octanol–water partition coefficient (Wildman–Crippen LogP) is 3.24. The molecule has 0 aromatic rings. The Balaban J connectivity index is 3.88. The van der Waals surface area contributed by atoms with E-state index >= 15 is 0 Å². The van der Waals surface area contributed by atoms with E-state index in [-0.39, 0.29) is 0 Å². The second-order valence-corrected chi connectivity index (χ2v) is 3.07. The van der Waals surface area contributed by atoms with Gasteiger partial charge in [0.25, 0.3) is 0 Å². The Morgan fingerprint density at radius 3 is 1.78 bits per heavy atom. The van der Waals surface area contributed by atoms with Crippen LogP contribution in [0.5, 0.6) is 0 Å². The minimum absolute atomic E-state index is 0.745. The fourth-order valence-electron chi connectivity index (χ4n) is 0.789. The Morgan fingerprint density at radius 1 is 1.22 bits per heavy atom. The van der Waals surface area contributed by atoms with Gasteiger partial charge in [0.05, 0.1) is 0 Å². The first-order valence-electron chi connectivity index (χ1n) is 3.72. The average Bonchev–Trinajstić information content (AvgIpc) is 1.84. The maximum absolute atomic E-state index is 2.28. The molecule has 0 heterocycles. The number of hydrogen-bond donors (Lipinski definition) is 0. The maximum atomic E-state index is 2.28. The molecule has 0 heteroatoms. The number of rotatable bonds is 2. The van der Waals surface area contributed by atoms with Gasteiger partial charge in [-0.1, -0.05) is 32.4 Å². The topological polar surface area (TPSA) is 0 Å². The highest BCUT2D eigenvalue weighted by Crippen LogP contribution is 2.18. The van der Waals surface area contributed by atoms with Gasteiger partial charge in [-0.05, 0) is 25.7 Å². The lowest BCUT2D eigenvalue weighted by molar-refractivity contribution is 0.479. The second kappa shape index (κ2) is 3.71. The normalized spacial score (nSPS) is 16.4. The lowest BCUT2D eigenvalue weighted by Gasteiger charge is -2.15. The fourth-order valence-corrected chi connectivity index (χ4v) is 0.789. The minimum atomic E-state index is 0.745. The molecule has 1 atom stereocenters. The third-order valence-electron chi connectivity index (χ3n) is 2.17. The van der Waals surface area contributed by atoms with E-state index in [2.05, 4.69) is 40.7 Å². The highest BCUT2D eigenvalue weighted by molar-refractivity contribution is 5.00. The van der Waals surface area contributed by atoms with Gasteiger partial charge in [-0.15, -0.1) is 0 Å². The van der Waals surface area contributed by atoms with Gasteiger partial charge < -0.3 is 0 Å². The maximum Gasteiger partial charge on any atom is -0.0211 e. The standard InChI is InChI=1S/C9H18/c1-6-8(4)9(5)7(2)3/h6-7,9H,1-5H3/b8-6+/t9-/m1/s1. The zero-order chi connectivity index (χ0) is 7.44. The van der Waals surface area contributed by atoms with E-state index in [1.807, 2.05) is 0 Å². The molecule has 54 valence electrons. The smallest absolute Gasteiger partial charge is 0.0211 e. The van der Waals surface area contributed by atoms with Gasteiger partial charge in [-0.3, -0.25) is 0 Å². The molecule has 0 aromatic carbocycles. The van der Waals surface area contributed by atoms with E-state index in [9.17, 15) is 0 Å². The van der Waals surface area contributed by atoms with Gasteiger partial charge >= 0.3 is 0 Å². The van der Waals surface area contributed by atoms with Crippen molar-refractivity contribution in [1.29, 1.82) is 0 Å². The molecule has 0 radical (unpaired) electrons. The van der Waals surface area contributed by atoms with E-state index < -0.39 is 0 Å². The zero-order valence-electron chi connectivity index (χ0n) is 7.23. The van der Waals surface area contributed by atoms with E-state index in [0.717, 1.165) is 11.8 Å². The van der Waals surface area contributed by atoms with Gasteiger partial charge in [0.1, 0.15) is 0 Å². The Hall–Kier alpha value is -0.260. The molecule has 0 saturated carbocycles. The number of allylic oxidation sites excluding steroid dienone is 2. The van der Waals surface area contributed by atoms with Crippen LogP contribution in [0.15, 0.2) is 11.6 Å². The highest BCUT2D eigenvalue weighted by Gasteiger charge is 2.06. The first kappa shape index (κ1) is 8.74. The molecule has 0 rings (SSSR count). The molecule has 0 nitrogen and oxygen atoms in total. The Bertz CT molecular complexity index is 98.6. The summed E-state index contributed by atoms with van der Waals surface area (Å²) in [6.45, 7) is 11.1. The summed E-state index contributed by atoms with van der Waals surface area (Å²) in [5, 5.41) is 0. The molecule has 0 spiro atoms. The highest BCUT2D eigenvalue weighted by atomic mass is 14.1. The van der Waals surface area contributed by atoms with Crippen LogP contribution in [-0.4, -0.2) is 0 Å². The van der Waals surface area contributed by atoms with Gasteiger partial charge in [-0.2, -0.15) is 0 Å². The molecule has 0 aliphatic carbocycles. The van der Waals surface area contributed by atoms with Crippen LogP contribution in [0.1, 0.15) is 34.6 Å². The molecular formula is C9H18. The summed E-state index contributed by atoms with van der Waals surface area (Å²) in [7, 11) is 0. The summed E-state index contributed by atoms with van der Waals surface area (Å²) < 4.78 is 0. The largest absolute Gasteiger partial charge is 0.0885 e. The van der Waals surface area contributed by atoms with Crippen molar-refractivity contribution in [2.45, 2.75) is 34.6 Å². The van der Waals surface area contributed by atoms with E-state index in [1.165, 1.54) is 5.57 Å². The van der Waals surface area contributed by atoms with E-state index in [1.54, 1.807) is 0 Å². The van der Waals surface area contributed by atoms with Crippen molar-refractivity contribution in [2.75, 3.05) is 0 Å². The van der Waals surface area contributed by atoms with E-state index in [4.69, 9.17) is 0 Å². The monoisotopic (exact) mass is 126 g/mol. The van der Waals surface area contributed by atoms with Crippen LogP contribution in [0.2, 0.25) is 0 Å². The summed E-state index contributed by atoms with van der Waals surface area (Å²) in [5.74, 6) is 1.52. The van der Waals surface area contributed by atoms with Crippen molar-refractivity contribution in [3.8, 4) is 0 Å².